The van der Waals surface area contributed by atoms with Gasteiger partial charge in [-0.2, -0.15) is 0 Å². The summed E-state index contributed by atoms with van der Waals surface area (Å²) in [5.74, 6) is 0.594. The summed E-state index contributed by atoms with van der Waals surface area (Å²) >= 11 is 0. The first-order valence-electron chi connectivity index (χ1n) is 9.14. The van der Waals surface area contributed by atoms with Gasteiger partial charge in [-0.25, -0.2) is 0 Å². The zero-order chi connectivity index (χ0) is 21.5. The molecular formula is C23H22N2O5. The molecule has 0 aliphatic carbocycles. The number of anilines is 2. The minimum atomic E-state index is -0.428. The molecule has 2 amide bonds. The summed E-state index contributed by atoms with van der Waals surface area (Å²) in [7, 11) is 4.51. The molecule has 7 nitrogen and oxygen atoms in total. The first-order valence-corrected chi connectivity index (χ1v) is 9.14. The summed E-state index contributed by atoms with van der Waals surface area (Å²) in [5.41, 5.74) is 1.56. The van der Waals surface area contributed by atoms with Gasteiger partial charge in [0.05, 0.1) is 38.3 Å². The van der Waals surface area contributed by atoms with E-state index in [-0.39, 0.29) is 11.5 Å². The van der Waals surface area contributed by atoms with E-state index in [0.717, 1.165) is 0 Å². The van der Waals surface area contributed by atoms with Gasteiger partial charge in [0.1, 0.15) is 17.2 Å². The number of ether oxygens (including phenoxy) is 3. The molecule has 7 heteroatoms. The molecular weight excluding hydrogens is 384 g/mol. The summed E-state index contributed by atoms with van der Waals surface area (Å²) in [6, 6.07) is 18.8. The summed E-state index contributed by atoms with van der Waals surface area (Å²) in [5, 5.41) is 5.58. The van der Waals surface area contributed by atoms with Crippen molar-refractivity contribution in [2.45, 2.75) is 0 Å². The molecule has 0 aliphatic rings. The van der Waals surface area contributed by atoms with E-state index in [4.69, 9.17) is 14.2 Å². The SMILES string of the molecule is COc1ccccc1NC(=O)c1ccc(OC)c(C(=O)Nc2ccccc2OC)c1. The molecule has 0 aliphatic heterocycles. The van der Waals surface area contributed by atoms with E-state index >= 15 is 0 Å². The Morgan fingerprint density at radius 1 is 0.633 bits per heavy atom. The summed E-state index contributed by atoms with van der Waals surface area (Å²) in [6.07, 6.45) is 0. The predicted octanol–water partition coefficient (Wildman–Crippen LogP) is 4.22. The lowest BCUT2D eigenvalue weighted by molar-refractivity contribution is 0.102. The van der Waals surface area contributed by atoms with Crippen molar-refractivity contribution in [3.63, 3.8) is 0 Å². The molecule has 0 unspecified atom stereocenters. The monoisotopic (exact) mass is 406 g/mol. The zero-order valence-corrected chi connectivity index (χ0v) is 16.9. The van der Waals surface area contributed by atoms with Gasteiger partial charge in [0.25, 0.3) is 11.8 Å². The fourth-order valence-electron chi connectivity index (χ4n) is 2.91. The van der Waals surface area contributed by atoms with Crippen LogP contribution in [0.25, 0.3) is 0 Å². The lowest BCUT2D eigenvalue weighted by atomic mass is 10.1. The first-order chi connectivity index (χ1) is 14.6. The van der Waals surface area contributed by atoms with Crippen molar-refractivity contribution in [1.29, 1.82) is 0 Å². The number of para-hydroxylation sites is 4. The molecule has 2 N–H and O–H groups in total. The smallest absolute Gasteiger partial charge is 0.259 e. The summed E-state index contributed by atoms with van der Waals surface area (Å²) in [6.45, 7) is 0. The maximum atomic E-state index is 12.9. The molecule has 0 atom stereocenters. The van der Waals surface area contributed by atoms with Gasteiger partial charge < -0.3 is 24.8 Å². The van der Waals surface area contributed by atoms with Gasteiger partial charge in [-0.15, -0.1) is 0 Å². The van der Waals surface area contributed by atoms with Crippen LogP contribution in [0.5, 0.6) is 17.2 Å². The average Bonchev–Trinajstić information content (AvgIpc) is 2.79. The third kappa shape index (κ3) is 4.52. The highest BCUT2D eigenvalue weighted by molar-refractivity contribution is 6.10. The molecule has 3 aromatic rings. The third-order valence-corrected chi connectivity index (χ3v) is 4.42. The normalized spacial score (nSPS) is 10.1. The Balaban J connectivity index is 1.87. The molecule has 0 aromatic heterocycles. The van der Waals surface area contributed by atoms with Crippen molar-refractivity contribution in [3.05, 3.63) is 77.9 Å². The number of amides is 2. The van der Waals surface area contributed by atoms with Crippen LogP contribution in [0.2, 0.25) is 0 Å². The highest BCUT2D eigenvalue weighted by Gasteiger charge is 2.18. The highest BCUT2D eigenvalue weighted by Crippen LogP contribution is 2.27. The number of carbonyl (C=O) groups excluding carboxylic acids is 2. The van der Waals surface area contributed by atoms with Crippen LogP contribution in [0.1, 0.15) is 20.7 Å². The van der Waals surface area contributed by atoms with Crippen LogP contribution >= 0.6 is 0 Å². The molecule has 0 saturated carbocycles. The number of carbonyl (C=O) groups is 2. The van der Waals surface area contributed by atoms with Crippen LogP contribution < -0.4 is 24.8 Å². The Labute approximate surface area is 174 Å². The van der Waals surface area contributed by atoms with Crippen molar-refractivity contribution in [2.75, 3.05) is 32.0 Å². The fourth-order valence-corrected chi connectivity index (χ4v) is 2.91. The van der Waals surface area contributed by atoms with Crippen LogP contribution in [0.4, 0.5) is 11.4 Å². The second-order valence-electron chi connectivity index (χ2n) is 6.22. The maximum absolute atomic E-state index is 12.9. The first kappa shape index (κ1) is 20.7. The molecule has 0 radical (unpaired) electrons. The van der Waals surface area contributed by atoms with Crippen LogP contribution in [-0.2, 0) is 0 Å². The molecule has 3 aromatic carbocycles. The molecule has 0 saturated heterocycles. The van der Waals surface area contributed by atoms with E-state index in [1.54, 1.807) is 54.6 Å². The van der Waals surface area contributed by atoms with Gasteiger partial charge in [0.15, 0.2) is 0 Å². The van der Waals surface area contributed by atoms with Crippen molar-refractivity contribution < 1.29 is 23.8 Å². The van der Waals surface area contributed by atoms with Crippen molar-refractivity contribution >= 4 is 23.2 Å². The number of rotatable bonds is 7. The second kappa shape index (κ2) is 9.47. The van der Waals surface area contributed by atoms with Crippen molar-refractivity contribution in [2.24, 2.45) is 0 Å². The van der Waals surface area contributed by atoms with E-state index in [1.165, 1.54) is 27.4 Å². The topological polar surface area (TPSA) is 85.9 Å². The van der Waals surface area contributed by atoms with Gasteiger partial charge >= 0.3 is 0 Å². The van der Waals surface area contributed by atoms with Gasteiger partial charge in [-0.3, -0.25) is 9.59 Å². The average molecular weight is 406 g/mol. The van der Waals surface area contributed by atoms with E-state index in [1.807, 2.05) is 6.07 Å². The highest BCUT2D eigenvalue weighted by atomic mass is 16.5. The quantitative estimate of drug-likeness (QED) is 0.614. The molecule has 154 valence electrons. The molecule has 0 bridgehead atoms. The van der Waals surface area contributed by atoms with Gasteiger partial charge in [0, 0.05) is 5.56 Å². The summed E-state index contributed by atoms with van der Waals surface area (Å²) in [4.78, 5) is 25.7. The zero-order valence-electron chi connectivity index (χ0n) is 16.9. The minimum absolute atomic E-state index is 0.219. The minimum Gasteiger partial charge on any atom is -0.496 e. The van der Waals surface area contributed by atoms with E-state index < -0.39 is 5.91 Å². The number of benzene rings is 3. The number of methoxy groups -OCH3 is 3. The Kier molecular flexibility index (Phi) is 6.54. The molecule has 3 rings (SSSR count). The molecule has 0 fully saturated rings. The summed E-state index contributed by atoms with van der Waals surface area (Å²) < 4.78 is 15.8. The van der Waals surface area contributed by atoms with Crippen molar-refractivity contribution in [3.8, 4) is 17.2 Å². The largest absolute Gasteiger partial charge is 0.496 e. The van der Waals surface area contributed by atoms with Crippen LogP contribution in [0.3, 0.4) is 0 Å². The Morgan fingerprint density at radius 2 is 1.13 bits per heavy atom. The molecule has 30 heavy (non-hydrogen) atoms. The Morgan fingerprint density at radius 3 is 1.67 bits per heavy atom. The standard InChI is InChI=1S/C23H22N2O5/c1-28-19-13-12-15(22(26)24-17-8-4-6-10-20(17)29-2)14-16(19)23(27)25-18-9-5-7-11-21(18)30-3/h4-14H,1-3H3,(H,24,26)(H,25,27). The predicted molar refractivity (Wildman–Crippen MR) is 115 cm³/mol. The van der Waals surface area contributed by atoms with E-state index in [0.29, 0.717) is 34.2 Å². The second-order valence-corrected chi connectivity index (χ2v) is 6.22. The fraction of sp³-hybridized carbons (Fsp3) is 0.130. The van der Waals surface area contributed by atoms with Crippen LogP contribution in [-0.4, -0.2) is 33.1 Å². The van der Waals surface area contributed by atoms with E-state index in [9.17, 15) is 9.59 Å². The number of hydrogen-bond donors (Lipinski definition) is 2. The third-order valence-electron chi connectivity index (χ3n) is 4.42. The van der Waals surface area contributed by atoms with Gasteiger partial charge in [0.2, 0.25) is 0 Å². The van der Waals surface area contributed by atoms with Crippen molar-refractivity contribution in [1.82, 2.24) is 0 Å². The Hall–Kier alpha value is -4.00. The van der Waals surface area contributed by atoms with Crippen LogP contribution in [0.15, 0.2) is 66.7 Å². The van der Waals surface area contributed by atoms with Crippen LogP contribution in [0, 0.1) is 0 Å². The number of nitrogens with one attached hydrogen (secondary N) is 2. The lowest BCUT2D eigenvalue weighted by Gasteiger charge is -2.14. The van der Waals surface area contributed by atoms with E-state index in [2.05, 4.69) is 10.6 Å². The lowest BCUT2D eigenvalue weighted by Crippen LogP contribution is -2.17. The molecule has 0 spiro atoms. The molecule has 0 heterocycles. The maximum Gasteiger partial charge on any atom is 0.259 e. The van der Waals surface area contributed by atoms with Gasteiger partial charge in [-0.05, 0) is 42.5 Å². The number of hydrogen-bond acceptors (Lipinski definition) is 5. The van der Waals surface area contributed by atoms with Gasteiger partial charge in [-0.1, -0.05) is 24.3 Å². The Bertz CT molecular complexity index is 1060.